The highest BCUT2D eigenvalue weighted by Gasteiger charge is 2.34. The van der Waals surface area contributed by atoms with Crippen molar-refractivity contribution >= 4 is 17.3 Å². The molecule has 1 heterocycles. The largest absolute Gasteiger partial charge is 0.505 e. The molecule has 0 bridgehead atoms. The third-order valence-electron chi connectivity index (χ3n) is 2.61. The third kappa shape index (κ3) is 1.92. The normalized spacial score (nSPS) is 19.7. The number of phenolic OH excluding ortho intramolecular Hbond substituents is 1. The molecule has 0 saturated carbocycles. The summed E-state index contributed by atoms with van der Waals surface area (Å²) in [5.74, 6) is -0.608. The van der Waals surface area contributed by atoms with Crippen LogP contribution in [-0.2, 0) is 4.79 Å². The Hall–Kier alpha value is -2.15. The van der Waals surface area contributed by atoms with Crippen molar-refractivity contribution < 1.29 is 14.8 Å². The van der Waals surface area contributed by atoms with Crippen molar-refractivity contribution in [3.05, 3.63) is 28.3 Å². The molecule has 3 N–H and O–H groups in total. The van der Waals surface area contributed by atoms with Crippen molar-refractivity contribution in [3.63, 3.8) is 0 Å². The van der Waals surface area contributed by atoms with Crippen LogP contribution in [0.3, 0.4) is 0 Å². The number of amides is 1. The first-order valence-corrected chi connectivity index (χ1v) is 5.03. The molecule has 1 fully saturated rings. The van der Waals surface area contributed by atoms with Crippen LogP contribution in [0.4, 0.5) is 11.4 Å². The van der Waals surface area contributed by atoms with E-state index < -0.39 is 4.92 Å². The number of carbonyl (C=O) groups is 1. The Morgan fingerprint density at radius 3 is 2.76 bits per heavy atom. The lowest BCUT2D eigenvalue weighted by Crippen LogP contribution is -2.28. The van der Waals surface area contributed by atoms with E-state index in [2.05, 4.69) is 0 Å². The number of para-hydroxylation sites is 1. The number of carbonyl (C=O) groups excluding carboxylic acids is 1. The Kier molecular flexibility index (Phi) is 2.68. The average Bonchev–Trinajstić information content (AvgIpc) is 2.57. The molecule has 7 nitrogen and oxygen atoms in total. The predicted octanol–water partition coefficient (Wildman–Crippen LogP) is 0.364. The smallest absolute Gasteiger partial charge is 0.296 e. The van der Waals surface area contributed by atoms with Gasteiger partial charge < -0.3 is 15.7 Å². The fourth-order valence-corrected chi connectivity index (χ4v) is 1.89. The van der Waals surface area contributed by atoms with Gasteiger partial charge in [-0.25, -0.2) is 0 Å². The van der Waals surface area contributed by atoms with Gasteiger partial charge in [-0.15, -0.1) is 0 Å². The second kappa shape index (κ2) is 4.02. The number of anilines is 1. The van der Waals surface area contributed by atoms with E-state index in [1.807, 2.05) is 0 Å². The number of nitro groups is 1. The highest BCUT2D eigenvalue weighted by molar-refractivity contribution is 5.99. The summed E-state index contributed by atoms with van der Waals surface area (Å²) < 4.78 is 0. The molecule has 1 aromatic carbocycles. The first kappa shape index (κ1) is 11.3. The molecule has 1 unspecified atom stereocenters. The highest BCUT2D eigenvalue weighted by atomic mass is 16.6. The Bertz CT molecular complexity index is 488. The molecule has 1 aliphatic rings. The zero-order valence-corrected chi connectivity index (χ0v) is 8.87. The highest BCUT2D eigenvalue weighted by Crippen LogP contribution is 2.38. The molecule has 1 amide bonds. The molecular formula is C10H11N3O4. The zero-order chi connectivity index (χ0) is 12.6. The molecule has 17 heavy (non-hydrogen) atoms. The molecule has 0 spiro atoms. The summed E-state index contributed by atoms with van der Waals surface area (Å²) in [6.45, 7) is 0.178. The van der Waals surface area contributed by atoms with Crippen LogP contribution in [0.5, 0.6) is 5.75 Å². The van der Waals surface area contributed by atoms with Gasteiger partial charge in [-0.05, 0) is 6.07 Å². The van der Waals surface area contributed by atoms with E-state index in [4.69, 9.17) is 5.73 Å². The second-order valence-corrected chi connectivity index (χ2v) is 3.87. The van der Waals surface area contributed by atoms with E-state index in [1.165, 1.54) is 18.2 Å². The summed E-state index contributed by atoms with van der Waals surface area (Å²) >= 11 is 0. The topological polar surface area (TPSA) is 110 Å². The molecule has 1 atom stereocenters. The lowest BCUT2D eigenvalue weighted by atomic mass is 10.2. The number of nitrogens with zero attached hydrogens (tertiary/aromatic N) is 2. The van der Waals surface area contributed by atoms with Crippen molar-refractivity contribution in [2.24, 2.45) is 5.73 Å². The summed E-state index contributed by atoms with van der Waals surface area (Å²) in [6.07, 6.45) is 0.130. The minimum absolute atomic E-state index is 0.0737. The fraction of sp³-hybridized carbons (Fsp3) is 0.300. The van der Waals surface area contributed by atoms with Crippen LogP contribution in [0.15, 0.2) is 18.2 Å². The summed E-state index contributed by atoms with van der Waals surface area (Å²) in [7, 11) is 0. The van der Waals surface area contributed by atoms with E-state index in [1.54, 1.807) is 0 Å². The van der Waals surface area contributed by atoms with Gasteiger partial charge in [-0.1, -0.05) is 6.07 Å². The van der Waals surface area contributed by atoms with E-state index in [-0.39, 0.29) is 42.0 Å². The lowest BCUT2D eigenvalue weighted by Gasteiger charge is -2.17. The molecular weight excluding hydrogens is 226 g/mol. The molecule has 0 aliphatic carbocycles. The van der Waals surface area contributed by atoms with Crippen molar-refractivity contribution in [3.8, 4) is 5.75 Å². The number of rotatable bonds is 2. The summed E-state index contributed by atoms with van der Waals surface area (Å²) in [5, 5.41) is 20.5. The minimum Gasteiger partial charge on any atom is -0.505 e. The van der Waals surface area contributed by atoms with Gasteiger partial charge >= 0.3 is 0 Å². The fourth-order valence-electron chi connectivity index (χ4n) is 1.89. The van der Waals surface area contributed by atoms with Gasteiger partial charge in [0.2, 0.25) is 5.91 Å². The molecule has 1 saturated heterocycles. The first-order chi connectivity index (χ1) is 8.00. The standard InChI is InChI=1S/C10H11N3O4/c11-6-4-9(15)12(5-6)10-7(13(16)17)2-1-3-8(10)14/h1-3,6,14H,4-5,11H2. The van der Waals surface area contributed by atoms with Gasteiger partial charge in [0.05, 0.1) is 4.92 Å². The first-order valence-electron chi connectivity index (χ1n) is 5.03. The van der Waals surface area contributed by atoms with Gasteiger partial charge in [0.15, 0.2) is 5.69 Å². The van der Waals surface area contributed by atoms with Crippen LogP contribution in [-0.4, -0.2) is 28.5 Å². The average molecular weight is 237 g/mol. The Labute approximate surface area is 96.6 Å². The molecule has 2 rings (SSSR count). The van der Waals surface area contributed by atoms with Crippen LogP contribution in [0.2, 0.25) is 0 Å². The number of nitrogens with two attached hydrogens (primary N) is 1. The van der Waals surface area contributed by atoms with Gasteiger partial charge in [0, 0.05) is 25.1 Å². The number of hydrogen-bond donors (Lipinski definition) is 2. The monoisotopic (exact) mass is 237 g/mol. The number of nitro benzene ring substituents is 1. The van der Waals surface area contributed by atoms with Crippen LogP contribution in [0, 0.1) is 10.1 Å². The van der Waals surface area contributed by atoms with Gasteiger partial charge in [0.25, 0.3) is 5.69 Å². The van der Waals surface area contributed by atoms with Crippen LogP contribution in [0.25, 0.3) is 0 Å². The van der Waals surface area contributed by atoms with E-state index in [0.29, 0.717) is 0 Å². The lowest BCUT2D eigenvalue weighted by molar-refractivity contribution is -0.384. The van der Waals surface area contributed by atoms with Crippen molar-refractivity contribution in [2.75, 3.05) is 11.4 Å². The van der Waals surface area contributed by atoms with E-state index in [9.17, 15) is 20.0 Å². The molecule has 0 radical (unpaired) electrons. The molecule has 90 valence electrons. The Balaban J connectivity index is 2.51. The number of hydrogen-bond acceptors (Lipinski definition) is 5. The summed E-state index contributed by atoms with van der Waals surface area (Å²) in [6, 6.07) is 3.55. The van der Waals surface area contributed by atoms with Gasteiger partial charge in [-0.3, -0.25) is 14.9 Å². The number of aromatic hydroxyl groups is 1. The molecule has 1 aromatic rings. The number of phenols is 1. The van der Waals surface area contributed by atoms with Gasteiger partial charge in [0.1, 0.15) is 5.75 Å². The van der Waals surface area contributed by atoms with Gasteiger partial charge in [-0.2, -0.15) is 0 Å². The Morgan fingerprint density at radius 2 is 2.24 bits per heavy atom. The molecule has 0 aromatic heterocycles. The van der Waals surface area contributed by atoms with Crippen LogP contribution in [0.1, 0.15) is 6.42 Å². The second-order valence-electron chi connectivity index (χ2n) is 3.87. The summed E-state index contributed by atoms with van der Waals surface area (Å²) in [4.78, 5) is 23.0. The number of benzene rings is 1. The third-order valence-corrected chi connectivity index (χ3v) is 2.61. The Morgan fingerprint density at radius 1 is 1.53 bits per heavy atom. The molecule has 1 aliphatic heterocycles. The minimum atomic E-state index is -0.633. The van der Waals surface area contributed by atoms with E-state index >= 15 is 0 Å². The van der Waals surface area contributed by atoms with Crippen LogP contribution >= 0.6 is 0 Å². The maximum absolute atomic E-state index is 11.6. The van der Waals surface area contributed by atoms with Crippen molar-refractivity contribution in [1.82, 2.24) is 0 Å². The quantitative estimate of drug-likeness (QED) is 0.570. The van der Waals surface area contributed by atoms with Crippen molar-refractivity contribution in [1.29, 1.82) is 0 Å². The maximum Gasteiger partial charge on any atom is 0.296 e. The maximum atomic E-state index is 11.6. The predicted molar refractivity (Wildman–Crippen MR) is 59.7 cm³/mol. The van der Waals surface area contributed by atoms with Crippen LogP contribution < -0.4 is 10.6 Å². The van der Waals surface area contributed by atoms with Crippen molar-refractivity contribution in [2.45, 2.75) is 12.5 Å². The van der Waals surface area contributed by atoms with E-state index in [0.717, 1.165) is 4.90 Å². The SMILES string of the molecule is NC1CC(=O)N(c2c(O)cccc2[N+](=O)[O-])C1. The summed E-state index contributed by atoms with van der Waals surface area (Å²) in [5.41, 5.74) is 5.24. The molecule has 7 heteroatoms. The zero-order valence-electron chi connectivity index (χ0n) is 8.87.